The van der Waals surface area contributed by atoms with Gasteiger partial charge in [0.25, 0.3) is 0 Å². The standard InChI is InChI=1S/C32H50O4S2.C2H6/c1-31(2,29(33)34)21-9-7-13-23-15-11-19-27(37-23)25-17-5-6-18-26(25)28-20-12-16-24(38-28)14-8-10-22-32(3,4)30(35)36;1-2/h5-6,17-18,23-24,27-28H,7-16,19-22H2,1-4H3,(H,33,34)(H,35,36);1-2H3. The third-order valence-electron chi connectivity index (χ3n) is 8.70. The molecule has 2 N–H and O–H groups in total. The van der Waals surface area contributed by atoms with Crippen LogP contribution in [-0.4, -0.2) is 32.7 Å². The average Bonchev–Trinajstić information content (AvgIpc) is 2.95. The van der Waals surface area contributed by atoms with Crippen LogP contribution in [0.5, 0.6) is 0 Å². The monoisotopic (exact) mass is 592 g/mol. The van der Waals surface area contributed by atoms with Gasteiger partial charge < -0.3 is 10.2 Å². The molecule has 2 aliphatic heterocycles. The molecule has 2 aliphatic rings. The number of carbonyl (C=O) groups is 2. The number of hydrogen-bond acceptors (Lipinski definition) is 4. The van der Waals surface area contributed by atoms with Gasteiger partial charge in [-0.25, -0.2) is 0 Å². The van der Waals surface area contributed by atoms with Crippen LogP contribution < -0.4 is 0 Å². The summed E-state index contributed by atoms with van der Waals surface area (Å²) in [7, 11) is 0. The van der Waals surface area contributed by atoms with Crippen LogP contribution in [0.4, 0.5) is 0 Å². The van der Waals surface area contributed by atoms with Crippen LogP contribution in [0.15, 0.2) is 24.3 Å². The number of carboxylic acids is 2. The van der Waals surface area contributed by atoms with E-state index in [1.807, 2.05) is 41.5 Å². The van der Waals surface area contributed by atoms with Crippen LogP contribution in [0.25, 0.3) is 0 Å². The summed E-state index contributed by atoms with van der Waals surface area (Å²) in [6.07, 6.45) is 15.7. The van der Waals surface area contributed by atoms with Gasteiger partial charge in [-0.05, 0) is 90.2 Å². The van der Waals surface area contributed by atoms with Crippen molar-refractivity contribution in [1.29, 1.82) is 0 Å². The number of hydrogen-bond donors (Lipinski definition) is 2. The van der Waals surface area contributed by atoms with Crippen LogP contribution in [-0.2, 0) is 9.59 Å². The molecule has 0 radical (unpaired) electrons. The molecule has 2 saturated heterocycles. The third kappa shape index (κ3) is 10.9. The maximum atomic E-state index is 11.4. The Kier molecular flexibility index (Phi) is 15.0. The lowest BCUT2D eigenvalue weighted by molar-refractivity contribution is -0.148. The number of benzene rings is 1. The highest BCUT2D eigenvalue weighted by atomic mass is 32.2. The first-order valence-electron chi connectivity index (χ1n) is 15.9. The fourth-order valence-corrected chi connectivity index (χ4v) is 9.34. The van der Waals surface area contributed by atoms with Crippen molar-refractivity contribution >= 4 is 35.5 Å². The minimum absolute atomic E-state index is 0.569. The average molecular weight is 593 g/mol. The zero-order valence-electron chi connectivity index (χ0n) is 26.0. The Bertz CT molecular complexity index is 840. The Morgan fingerprint density at radius 1 is 0.700 bits per heavy atom. The molecule has 4 nitrogen and oxygen atoms in total. The lowest BCUT2D eigenvalue weighted by Gasteiger charge is -2.34. The number of unbranched alkanes of at least 4 members (excludes halogenated alkanes) is 2. The van der Waals surface area contributed by atoms with E-state index in [4.69, 9.17) is 0 Å². The van der Waals surface area contributed by atoms with E-state index in [0.717, 1.165) is 38.5 Å². The van der Waals surface area contributed by atoms with E-state index in [9.17, 15) is 19.8 Å². The molecule has 6 heteroatoms. The molecule has 1 aromatic rings. The van der Waals surface area contributed by atoms with Gasteiger partial charge in [0.2, 0.25) is 0 Å². The van der Waals surface area contributed by atoms with Gasteiger partial charge in [0, 0.05) is 21.0 Å². The highest BCUT2D eigenvalue weighted by Crippen LogP contribution is 2.51. The molecule has 4 atom stereocenters. The summed E-state index contributed by atoms with van der Waals surface area (Å²) in [4.78, 5) is 22.8. The van der Waals surface area contributed by atoms with Gasteiger partial charge in [0.1, 0.15) is 0 Å². The fourth-order valence-electron chi connectivity index (χ4n) is 5.87. The minimum atomic E-state index is -0.689. The summed E-state index contributed by atoms with van der Waals surface area (Å²) in [5.74, 6) is -1.38. The van der Waals surface area contributed by atoms with E-state index < -0.39 is 22.8 Å². The van der Waals surface area contributed by atoms with Gasteiger partial charge in [-0.2, -0.15) is 23.5 Å². The summed E-state index contributed by atoms with van der Waals surface area (Å²) in [5.41, 5.74) is 1.86. The Hall–Kier alpha value is -1.14. The first-order chi connectivity index (χ1) is 19.0. The molecule has 4 unspecified atom stereocenters. The first-order valence-corrected chi connectivity index (χ1v) is 17.7. The van der Waals surface area contributed by atoms with Crippen LogP contribution in [0.3, 0.4) is 0 Å². The van der Waals surface area contributed by atoms with Crippen molar-refractivity contribution in [2.24, 2.45) is 10.8 Å². The molecule has 0 spiro atoms. The molecule has 0 amide bonds. The molecule has 0 aliphatic carbocycles. The van der Waals surface area contributed by atoms with Crippen molar-refractivity contribution in [2.45, 2.75) is 152 Å². The van der Waals surface area contributed by atoms with Gasteiger partial charge in [0.15, 0.2) is 0 Å². The van der Waals surface area contributed by atoms with Crippen LogP contribution in [0, 0.1) is 10.8 Å². The van der Waals surface area contributed by atoms with Crippen LogP contribution in [0.2, 0.25) is 0 Å². The van der Waals surface area contributed by atoms with Gasteiger partial charge in [-0.3, -0.25) is 9.59 Å². The molecule has 2 heterocycles. The van der Waals surface area contributed by atoms with Crippen LogP contribution >= 0.6 is 23.5 Å². The first kappa shape index (κ1) is 35.1. The summed E-state index contributed by atoms with van der Waals surface area (Å²) in [6.45, 7) is 11.4. The molecule has 2 fully saturated rings. The van der Waals surface area contributed by atoms with E-state index in [1.54, 1.807) is 11.1 Å². The number of carboxylic acid groups (broad SMARTS) is 2. The van der Waals surface area contributed by atoms with E-state index in [-0.39, 0.29) is 0 Å². The maximum absolute atomic E-state index is 11.4. The second-order valence-corrected chi connectivity index (χ2v) is 15.9. The van der Waals surface area contributed by atoms with E-state index >= 15 is 0 Å². The van der Waals surface area contributed by atoms with Gasteiger partial charge >= 0.3 is 11.9 Å². The predicted octanol–water partition coefficient (Wildman–Crippen LogP) is 10.7. The highest BCUT2D eigenvalue weighted by Gasteiger charge is 2.31. The zero-order valence-corrected chi connectivity index (χ0v) is 27.7. The summed E-state index contributed by atoms with van der Waals surface area (Å²) >= 11 is 4.35. The molecule has 0 bridgehead atoms. The van der Waals surface area contributed by atoms with E-state index in [2.05, 4.69) is 47.8 Å². The molecule has 40 heavy (non-hydrogen) atoms. The second kappa shape index (κ2) is 17.1. The lowest BCUT2D eigenvalue weighted by Crippen LogP contribution is -2.23. The van der Waals surface area contributed by atoms with Crippen molar-refractivity contribution in [3.63, 3.8) is 0 Å². The summed E-state index contributed by atoms with van der Waals surface area (Å²) in [6, 6.07) is 9.18. The minimum Gasteiger partial charge on any atom is -0.481 e. The number of rotatable bonds is 14. The normalized spacial score (nSPS) is 23.6. The smallest absolute Gasteiger partial charge is 0.309 e. The Morgan fingerprint density at radius 2 is 1.07 bits per heavy atom. The number of aliphatic carboxylic acids is 2. The maximum Gasteiger partial charge on any atom is 0.309 e. The van der Waals surface area contributed by atoms with Crippen molar-refractivity contribution in [1.82, 2.24) is 0 Å². The predicted molar refractivity (Wildman–Crippen MR) is 174 cm³/mol. The largest absolute Gasteiger partial charge is 0.481 e. The Balaban J connectivity index is 0.00000274. The zero-order chi connectivity index (χ0) is 29.8. The molecule has 228 valence electrons. The van der Waals surface area contributed by atoms with E-state index in [0.29, 0.717) is 21.0 Å². The molecule has 0 aromatic heterocycles. The van der Waals surface area contributed by atoms with Crippen molar-refractivity contribution < 1.29 is 19.8 Å². The summed E-state index contributed by atoms with van der Waals surface area (Å²) in [5, 5.41) is 21.2. The van der Waals surface area contributed by atoms with Crippen LogP contribution in [0.1, 0.15) is 153 Å². The van der Waals surface area contributed by atoms with Crippen molar-refractivity contribution in [3.05, 3.63) is 35.4 Å². The van der Waals surface area contributed by atoms with Crippen molar-refractivity contribution in [2.75, 3.05) is 0 Å². The number of thioether (sulfide) groups is 2. The topological polar surface area (TPSA) is 74.6 Å². The lowest BCUT2D eigenvalue weighted by atomic mass is 9.87. The fraction of sp³-hybridized carbons (Fsp3) is 0.765. The summed E-state index contributed by atoms with van der Waals surface area (Å²) < 4.78 is 0. The van der Waals surface area contributed by atoms with Gasteiger partial charge in [0.05, 0.1) is 10.8 Å². The molecule has 0 saturated carbocycles. The Morgan fingerprint density at radius 3 is 1.43 bits per heavy atom. The molecular weight excluding hydrogens is 537 g/mol. The van der Waals surface area contributed by atoms with Gasteiger partial charge in [-0.1, -0.05) is 76.6 Å². The molecule has 3 rings (SSSR count). The highest BCUT2D eigenvalue weighted by molar-refractivity contribution is 8.00. The quantitative estimate of drug-likeness (QED) is 0.209. The second-order valence-electron chi connectivity index (χ2n) is 12.9. The third-order valence-corrected chi connectivity index (χ3v) is 12.1. The SMILES string of the molecule is CC.CC(C)(CCCCC1CCCC(c2ccccc2C2CCCC(CCCCC(C)(C)C(=O)O)S2)S1)C(=O)O. The van der Waals surface area contributed by atoms with Crippen molar-refractivity contribution in [3.8, 4) is 0 Å². The molecular formula is C34H56O4S2. The van der Waals surface area contributed by atoms with E-state index in [1.165, 1.54) is 51.4 Å². The molecule has 1 aromatic carbocycles. The van der Waals surface area contributed by atoms with Gasteiger partial charge in [-0.15, -0.1) is 0 Å². The Labute approximate surface area is 253 Å².